The van der Waals surface area contributed by atoms with Crippen molar-refractivity contribution >= 4 is 11.8 Å². The molecule has 0 unspecified atom stereocenters. The maximum Gasteiger partial charge on any atom is 0.119 e. The highest BCUT2D eigenvalue weighted by atomic mass is 32.2. The van der Waals surface area contributed by atoms with Gasteiger partial charge >= 0.3 is 0 Å². The molecule has 0 saturated carbocycles. The van der Waals surface area contributed by atoms with E-state index < -0.39 is 0 Å². The summed E-state index contributed by atoms with van der Waals surface area (Å²) in [7, 11) is 0. The van der Waals surface area contributed by atoms with Crippen LogP contribution in [0.4, 0.5) is 0 Å². The monoisotopic (exact) mass is 252 g/mol. The summed E-state index contributed by atoms with van der Waals surface area (Å²) >= 11 is 2.07. The molecule has 0 aliphatic heterocycles. The van der Waals surface area contributed by atoms with Crippen LogP contribution >= 0.6 is 11.8 Å². The quantitative estimate of drug-likeness (QED) is 0.590. The fraction of sp³-hybridized carbons (Fsp3) is 0.600. The van der Waals surface area contributed by atoms with Gasteiger partial charge in [-0.1, -0.05) is 31.0 Å². The zero-order valence-electron chi connectivity index (χ0n) is 11.1. The van der Waals surface area contributed by atoms with E-state index >= 15 is 0 Å². The second kappa shape index (κ2) is 9.41. The molecule has 0 aliphatic carbocycles. The van der Waals surface area contributed by atoms with Crippen LogP contribution in [0.15, 0.2) is 24.3 Å². The van der Waals surface area contributed by atoms with E-state index in [4.69, 9.17) is 4.74 Å². The Morgan fingerprint density at radius 1 is 1.00 bits per heavy atom. The number of thioether (sulfide) groups is 1. The molecule has 0 atom stereocenters. The van der Waals surface area contributed by atoms with E-state index in [1.54, 1.807) is 0 Å². The van der Waals surface area contributed by atoms with Gasteiger partial charge < -0.3 is 4.74 Å². The molecular weight excluding hydrogens is 228 g/mol. The van der Waals surface area contributed by atoms with E-state index in [1.165, 1.54) is 36.3 Å². The second-order valence-electron chi connectivity index (χ2n) is 4.33. The Balaban J connectivity index is 1.95. The molecule has 1 nitrogen and oxygen atoms in total. The molecule has 0 aliphatic rings. The minimum absolute atomic E-state index is 0.845. The lowest BCUT2D eigenvalue weighted by molar-refractivity contribution is 0.310. The van der Waals surface area contributed by atoms with Gasteiger partial charge in [-0.15, -0.1) is 0 Å². The van der Waals surface area contributed by atoms with E-state index in [1.807, 2.05) is 12.1 Å². The molecule has 0 aromatic heterocycles. The predicted octanol–water partition coefficient (Wildman–Crippen LogP) is 4.69. The molecule has 0 fully saturated rings. The van der Waals surface area contributed by atoms with E-state index in [9.17, 15) is 0 Å². The summed E-state index contributed by atoms with van der Waals surface area (Å²) in [5.41, 5.74) is 1.28. The first-order valence-electron chi connectivity index (χ1n) is 6.60. The van der Waals surface area contributed by atoms with Crippen molar-refractivity contribution in [1.29, 1.82) is 0 Å². The van der Waals surface area contributed by atoms with Crippen LogP contribution in [-0.2, 0) is 0 Å². The molecule has 1 rings (SSSR count). The maximum absolute atomic E-state index is 5.68. The summed E-state index contributed by atoms with van der Waals surface area (Å²) in [4.78, 5) is 0. The van der Waals surface area contributed by atoms with Gasteiger partial charge in [-0.25, -0.2) is 0 Å². The van der Waals surface area contributed by atoms with Gasteiger partial charge in [-0.3, -0.25) is 0 Å². The van der Waals surface area contributed by atoms with Crippen molar-refractivity contribution in [3.63, 3.8) is 0 Å². The van der Waals surface area contributed by atoms with Crippen LogP contribution < -0.4 is 4.74 Å². The van der Waals surface area contributed by atoms with Gasteiger partial charge in [0.15, 0.2) is 0 Å². The number of hydrogen-bond donors (Lipinski definition) is 0. The molecule has 0 amide bonds. The third kappa shape index (κ3) is 7.32. The highest BCUT2D eigenvalue weighted by Gasteiger charge is 1.94. The van der Waals surface area contributed by atoms with Gasteiger partial charge in [-0.05, 0) is 49.8 Å². The van der Waals surface area contributed by atoms with Crippen molar-refractivity contribution in [1.82, 2.24) is 0 Å². The van der Waals surface area contributed by atoms with Gasteiger partial charge in [0.25, 0.3) is 0 Å². The molecule has 0 N–H and O–H groups in total. The summed E-state index contributed by atoms with van der Waals surface area (Å²) in [6.45, 7) is 5.19. The standard InChI is InChI=1S/C15H24OS/c1-3-4-12-17-13-6-5-11-16-15-9-7-14(2)8-10-15/h7-10H,3-6,11-13H2,1-2H3. The molecule has 0 saturated heterocycles. The Morgan fingerprint density at radius 3 is 2.41 bits per heavy atom. The van der Waals surface area contributed by atoms with Crippen molar-refractivity contribution in [3.05, 3.63) is 29.8 Å². The van der Waals surface area contributed by atoms with Crippen LogP contribution in [0.25, 0.3) is 0 Å². The Kier molecular flexibility index (Phi) is 7.98. The smallest absolute Gasteiger partial charge is 0.119 e. The average Bonchev–Trinajstić information content (AvgIpc) is 2.35. The minimum atomic E-state index is 0.845. The lowest BCUT2D eigenvalue weighted by Gasteiger charge is -2.06. The number of unbranched alkanes of at least 4 members (excludes halogenated alkanes) is 2. The predicted molar refractivity (Wildman–Crippen MR) is 78.1 cm³/mol. The van der Waals surface area contributed by atoms with Crippen molar-refractivity contribution in [2.75, 3.05) is 18.1 Å². The van der Waals surface area contributed by atoms with Gasteiger partial charge in [0, 0.05) is 0 Å². The topological polar surface area (TPSA) is 9.23 Å². The Hall–Kier alpha value is -0.630. The van der Waals surface area contributed by atoms with Crippen LogP contribution in [0.3, 0.4) is 0 Å². The minimum Gasteiger partial charge on any atom is -0.494 e. The van der Waals surface area contributed by atoms with Gasteiger partial charge in [-0.2, -0.15) is 11.8 Å². The SMILES string of the molecule is CCCCSCCCCOc1ccc(C)cc1. The Morgan fingerprint density at radius 2 is 1.71 bits per heavy atom. The van der Waals surface area contributed by atoms with Gasteiger partial charge in [0.1, 0.15) is 5.75 Å². The molecule has 1 aromatic carbocycles. The fourth-order valence-corrected chi connectivity index (χ4v) is 2.58. The molecular formula is C15H24OS. The lowest BCUT2D eigenvalue weighted by atomic mass is 10.2. The van der Waals surface area contributed by atoms with Crippen LogP contribution in [0.2, 0.25) is 0 Å². The van der Waals surface area contributed by atoms with Crippen molar-refractivity contribution < 1.29 is 4.74 Å². The average molecular weight is 252 g/mol. The van der Waals surface area contributed by atoms with Gasteiger partial charge in [0.05, 0.1) is 6.61 Å². The highest BCUT2D eigenvalue weighted by Crippen LogP contribution is 2.12. The van der Waals surface area contributed by atoms with E-state index in [-0.39, 0.29) is 0 Å². The van der Waals surface area contributed by atoms with Gasteiger partial charge in [0.2, 0.25) is 0 Å². The van der Waals surface area contributed by atoms with Crippen molar-refractivity contribution in [2.45, 2.75) is 39.5 Å². The van der Waals surface area contributed by atoms with E-state index in [0.717, 1.165) is 18.8 Å². The summed E-state index contributed by atoms with van der Waals surface area (Å²) in [6.07, 6.45) is 5.08. The summed E-state index contributed by atoms with van der Waals surface area (Å²) < 4.78 is 5.68. The highest BCUT2D eigenvalue weighted by molar-refractivity contribution is 7.99. The van der Waals surface area contributed by atoms with E-state index in [2.05, 4.69) is 37.7 Å². The summed E-state index contributed by atoms with van der Waals surface area (Å²) in [6, 6.07) is 8.28. The molecule has 0 radical (unpaired) electrons. The summed E-state index contributed by atoms with van der Waals surface area (Å²) in [5, 5.41) is 0. The number of aryl methyl sites for hydroxylation is 1. The second-order valence-corrected chi connectivity index (χ2v) is 5.56. The Labute approximate surface area is 110 Å². The normalized spacial score (nSPS) is 10.5. The lowest BCUT2D eigenvalue weighted by Crippen LogP contribution is -1.98. The zero-order valence-corrected chi connectivity index (χ0v) is 11.9. The molecule has 0 spiro atoms. The molecule has 2 heteroatoms. The number of ether oxygens (including phenoxy) is 1. The van der Waals surface area contributed by atoms with E-state index in [0.29, 0.717) is 0 Å². The number of benzene rings is 1. The van der Waals surface area contributed by atoms with Crippen molar-refractivity contribution in [2.24, 2.45) is 0 Å². The fourth-order valence-electron chi connectivity index (χ4n) is 1.48. The van der Waals surface area contributed by atoms with Crippen LogP contribution in [0.5, 0.6) is 5.75 Å². The first kappa shape index (κ1) is 14.4. The van der Waals surface area contributed by atoms with Crippen LogP contribution in [0, 0.1) is 6.92 Å². The molecule has 17 heavy (non-hydrogen) atoms. The first-order chi connectivity index (χ1) is 8.33. The third-order valence-corrected chi connectivity index (χ3v) is 3.77. The largest absolute Gasteiger partial charge is 0.494 e. The summed E-state index contributed by atoms with van der Waals surface area (Å²) in [5.74, 6) is 3.58. The number of hydrogen-bond acceptors (Lipinski definition) is 2. The van der Waals surface area contributed by atoms with Crippen LogP contribution in [-0.4, -0.2) is 18.1 Å². The zero-order chi connectivity index (χ0) is 12.3. The third-order valence-electron chi connectivity index (χ3n) is 2.61. The van der Waals surface area contributed by atoms with Crippen molar-refractivity contribution in [3.8, 4) is 5.75 Å². The number of rotatable bonds is 9. The molecule has 96 valence electrons. The maximum atomic E-state index is 5.68. The molecule has 0 bridgehead atoms. The molecule has 0 heterocycles. The Bertz CT molecular complexity index is 281. The first-order valence-corrected chi connectivity index (χ1v) is 7.75. The van der Waals surface area contributed by atoms with Crippen LogP contribution in [0.1, 0.15) is 38.2 Å². The molecule has 1 aromatic rings.